The summed E-state index contributed by atoms with van der Waals surface area (Å²) in [6.07, 6.45) is -2.83. The number of imide groups is 4. The van der Waals surface area contributed by atoms with E-state index >= 15 is 4.79 Å². The van der Waals surface area contributed by atoms with Gasteiger partial charge in [-0.15, -0.1) is 0 Å². The molecule has 17 heteroatoms. The van der Waals surface area contributed by atoms with Crippen LogP contribution in [-0.4, -0.2) is 49.7 Å². The fourth-order valence-electron chi connectivity index (χ4n) is 8.94. The molecule has 12 nitrogen and oxygen atoms in total. The summed E-state index contributed by atoms with van der Waals surface area (Å²) in [5, 5.41) is 12.3. The molecule has 8 rings (SSSR count). The van der Waals surface area contributed by atoms with Crippen molar-refractivity contribution in [2.45, 2.75) is 37.0 Å². The zero-order chi connectivity index (χ0) is 40.6. The monoisotopic (exact) mass is 819 g/mol. The molecule has 2 aliphatic heterocycles. The second kappa shape index (κ2) is 13.9. The fraction of sp³-hybridized carbons (Fsp3) is 0.250. The zero-order valence-corrected chi connectivity index (χ0v) is 30.9. The van der Waals surface area contributed by atoms with Crippen LogP contribution in [0.2, 0.25) is 10.0 Å². The van der Waals surface area contributed by atoms with Crippen LogP contribution in [0.5, 0.6) is 11.5 Å². The molecule has 292 valence electrons. The summed E-state index contributed by atoms with van der Waals surface area (Å²) in [5.74, 6) is -9.47. The minimum atomic E-state index is -4.79. The fourth-order valence-corrected chi connectivity index (χ4v) is 9.28. The Labute approximate surface area is 332 Å². The number of benzene rings is 3. The number of fused-ring (bicyclic) bond motifs is 4. The molecule has 3 aromatic carbocycles. The molecule has 3 heterocycles. The van der Waals surface area contributed by atoms with E-state index in [1.807, 2.05) is 30.3 Å². The number of aromatic hydroxyl groups is 1. The lowest BCUT2D eigenvalue weighted by Gasteiger charge is -2.50. The number of aromatic nitrogens is 1. The number of pyridine rings is 1. The van der Waals surface area contributed by atoms with Gasteiger partial charge in [0.1, 0.15) is 18.1 Å². The number of phenolic OH excluding ortho intramolecular Hbond substituents is 1. The number of carbonyl (C=O) groups is 5. The number of rotatable bonds is 7. The van der Waals surface area contributed by atoms with E-state index in [0.717, 1.165) is 5.56 Å². The van der Waals surface area contributed by atoms with Crippen LogP contribution in [0.4, 0.5) is 23.8 Å². The van der Waals surface area contributed by atoms with Gasteiger partial charge in [-0.05, 0) is 54.2 Å². The van der Waals surface area contributed by atoms with E-state index in [-0.39, 0.29) is 42.1 Å². The first-order valence-electron chi connectivity index (χ1n) is 17.6. The molecule has 4 aliphatic rings. The number of likely N-dealkylation sites (tertiary alicyclic amines) is 1. The van der Waals surface area contributed by atoms with Gasteiger partial charge in [0, 0.05) is 28.8 Å². The molecule has 3 fully saturated rings. The Kier molecular flexibility index (Phi) is 9.27. The van der Waals surface area contributed by atoms with E-state index in [1.165, 1.54) is 18.2 Å². The van der Waals surface area contributed by atoms with Gasteiger partial charge in [0.25, 0.3) is 11.8 Å². The minimum absolute atomic E-state index is 0.0308. The molecule has 4 N–H and O–H groups in total. The smallest absolute Gasteiger partial charge is 0.417 e. The minimum Gasteiger partial charge on any atom is -0.508 e. The van der Waals surface area contributed by atoms with Crippen molar-refractivity contribution in [1.29, 1.82) is 0 Å². The molecule has 1 aromatic heterocycles. The summed E-state index contributed by atoms with van der Waals surface area (Å²) >= 11 is 12.5. The molecule has 0 spiro atoms. The van der Waals surface area contributed by atoms with Gasteiger partial charge in [-0.2, -0.15) is 23.1 Å². The number of nitrogens with zero attached hydrogens (tertiary/aromatic N) is 3. The SMILES string of the molecule is NC(=O)N1C(=O)C2CC=C3C(CC4C(=O)N(Nc5ncc(C(F)(F)F)cc5Cl)C(=O)C4(c4ccc(Cl)cc4)C3c3ccc(OCc4ccccc4)cc3O)C2C1=O. The average Bonchev–Trinajstić information content (AvgIpc) is 3.56. The van der Waals surface area contributed by atoms with Crippen LogP contribution in [0, 0.1) is 23.7 Å². The summed E-state index contributed by atoms with van der Waals surface area (Å²) in [7, 11) is 0. The molecule has 4 aromatic rings. The van der Waals surface area contributed by atoms with Gasteiger partial charge in [0.15, 0.2) is 5.82 Å². The Morgan fingerprint density at radius 2 is 1.68 bits per heavy atom. The number of hydrazine groups is 1. The third-order valence-electron chi connectivity index (χ3n) is 11.3. The van der Waals surface area contributed by atoms with Crippen molar-refractivity contribution in [3.63, 3.8) is 0 Å². The molecule has 6 atom stereocenters. The topological polar surface area (TPSA) is 172 Å². The van der Waals surface area contributed by atoms with Crippen molar-refractivity contribution in [1.82, 2.24) is 14.9 Å². The van der Waals surface area contributed by atoms with Crippen LogP contribution in [0.3, 0.4) is 0 Å². The number of nitrogens with two attached hydrogens (primary N) is 1. The maximum absolute atomic E-state index is 15.3. The van der Waals surface area contributed by atoms with Gasteiger partial charge < -0.3 is 15.6 Å². The predicted molar refractivity (Wildman–Crippen MR) is 197 cm³/mol. The number of halogens is 5. The molecule has 6 unspecified atom stereocenters. The number of hydrogen-bond acceptors (Lipinski definition) is 9. The van der Waals surface area contributed by atoms with Crippen molar-refractivity contribution in [2.24, 2.45) is 29.4 Å². The van der Waals surface area contributed by atoms with Gasteiger partial charge in [0.2, 0.25) is 11.8 Å². The molecular formula is C40H30Cl2F3N5O7. The van der Waals surface area contributed by atoms with E-state index < -0.39 is 87.2 Å². The Morgan fingerprint density at radius 1 is 0.965 bits per heavy atom. The van der Waals surface area contributed by atoms with E-state index in [0.29, 0.717) is 32.8 Å². The number of allylic oxidation sites excluding steroid dienone is 2. The molecule has 6 amide bonds. The highest BCUT2D eigenvalue weighted by atomic mass is 35.5. The highest BCUT2D eigenvalue weighted by Crippen LogP contribution is 2.65. The van der Waals surface area contributed by atoms with Gasteiger partial charge >= 0.3 is 12.2 Å². The van der Waals surface area contributed by atoms with Crippen LogP contribution in [0.25, 0.3) is 0 Å². The third kappa shape index (κ3) is 6.07. The number of phenols is 1. The number of anilines is 1. The summed E-state index contributed by atoms with van der Waals surface area (Å²) in [4.78, 5) is 73.9. The predicted octanol–water partition coefficient (Wildman–Crippen LogP) is 6.76. The maximum atomic E-state index is 15.3. The van der Waals surface area contributed by atoms with E-state index in [4.69, 9.17) is 33.7 Å². The van der Waals surface area contributed by atoms with Crippen molar-refractivity contribution in [3.8, 4) is 11.5 Å². The summed E-state index contributed by atoms with van der Waals surface area (Å²) in [5.41, 5.74) is 6.69. The first-order valence-corrected chi connectivity index (χ1v) is 18.4. The van der Waals surface area contributed by atoms with Crippen LogP contribution < -0.4 is 15.9 Å². The van der Waals surface area contributed by atoms with Crippen molar-refractivity contribution < 1.29 is 47.0 Å². The standard InChI is InChI=1S/C40H30Cl2F3N5O7/c41-22-8-6-20(7-9-22)39-28(35(53)50(37(39)55)48-33-29(42)14-21(17-47-33)40(43,44)45)16-27-24(12-13-26-31(27)36(54)49(34(26)52)38(46)56)32(39)25-11-10-23(15-30(25)51)57-18-19-4-2-1-3-5-19/h1-12,14-15,17,26-28,31-32,51H,13,16,18H2,(H2,46,56)(H,47,48). The number of amides is 6. The van der Waals surface area contributed by atoms with Crippen LogP contribution in [-0.2, 0) is 37.4 Å². The Hall–Kier alpha value is -5.93. The summed E-state index contributed by atoms with van der Waals surface area (Å²) < 4.78 is 46.4. The van der Waals surface area contributed by atoms with Gasteiger partial charge in [-0.1, -0.05) is 83.4 Å². The third-order valence-corrected chi connectivity index (χ3v) is 11.9. The molecule has 1 saturated carbocycles. The number of ether oxygens (including phenoxy) is 1. The molecule has 0 radical (unpaired) electrons. The van der Waals surface area contributed by atoms with Crippen molar-refractivity contribution >= 4 is 58.7 Å². The largest absolute Gasteiger partial charge is 0.508 e. The lowest BCUT2D eigenvalue weighted by atomic mass is 9.49. The van der Waals surface area contributed by atoms with E-state index in [2.05, 4.69) is 10.4 Å². The highest BCUT2D eigenvalue weighted by molar-refractivity contribution is 6.33. The number of urea groups is 1. The molecule has 0 bridgehead atoms. The van der Waals surface area contributed by atoms with Gasteiger partial charge in [0.05, 0.1) is 33.8 Å². The Balaban J connectivity index is 1.30. The maximum Gasteiger partial charge on any atom is 0.417 e. The Bertz CT molecular complexity index is 2400. The summed E-state index contributed by atoms with van der Waals surface area (Å²) in [6.45, 7) is 0.163. The molecule has 2 aliphatic carbocycles. The number of carbonyl (C=O) groups excluding carboxylic acids is 5. The number of nitrogens with one attached hydrogen (secondary N) is 1. The summed E-state index contributed by atoms with van der Waals surface area (Å²) in [6, 6.07) is 19.2. The Morgan fingerprint density at radius 3 is 2.33 bits per heavy atom. The van der Waals surface area contributed by atoms with Gasteiger partial charge in [-0.25, -0.2) is 9.78 Å². The molecule has 2 saturated heterocycles. The number of hydrogen-bond donors (Lipinski definition) is 3. The quantitative estimate of drug-likeness (QED) is 0.135. The second-order valence-electron chi connectivity index (χ2n) is 14.3. The van der Waals surface area contributed by atoms with Crippen molar-refractivity contribution in [3.05, 3.63) is 129 Å². The zero-order valence-electron chi connectivity index (χ0n) is 29.4. The lowest BCUT2D eigenvalue weighted by Crippen LogP contribution is -2.53. The van der Waals surface area contributed by atoms with Crippen LogP contribution >= 0.6 is 23.2 Å². The highest BCUT2D eigenvalue weighted by Gasteiger charge is 2.71. The van der Waals surface area contributed by atoms with Gasteiger partial charge in [-0.3, -0.25) is 24.6 Å². The first-order chi connectivity index (χ1) is 27.1. The molecular weight excluding hydrogens is 790 g/mol. The number of alkyl halides is 3. The van der Waals surface area contributed by atoms with E-state index in [1.54, 1.807) is 30.3 Å². The average molecular weight is 821 g/mol. The van der Waals surface area contributed by atoms with Crippen molar-refractivity contribution in [2.75, 3.05) is 5.43 Å². The first kappa shape index (κ1) is 38.0. The molecule has 57 heavy (non-hydrogen) atoms. The lowest BCUT2D eigenvalue weighted by molar-refractivity contribution is -0.140. The van der Waals surface area contributed by atoms with E-state index in [9.17, 15) is 37.5 Å². The second-order valence-corrected chi connectivity index (χ2v) is 15.1. The number of primary amides is 1. The van der Waals surface area contributed by atoms with Crippen LogP contribution in [0.1, 0.15) is 41.0 Å². The van der Waals surface area contributed by atoms with Crippen LogP contribution in [0.15, 0.2) is 96.7 Å². The normalized spacial score (nSPS) is 25.5.